The Morgan fingerprint density at radius 1 is 1.42 bits per heavy atom. The molecule has 7 heteroatoms. The van der Waals surface area contributed by atoms with Crippen LogP contribution in [0.1, 0.15) is 10.4 Å². The van der Waals surface area contributed by atoms with Crippen molar-refractivity contribution >= 4 is 68.2 Å². The number of thiocarbonyl (C=S) groups is 1. The van der Waals surface area contributed by atoms with Gasteiger partial charge in [-0.25, -0.2) is 0 Å². The van der Waals surface area contributed by atoms with Crippen molar-refractivity contribution < 1.29 is 9.59 Å². The smallest absolute Gasteiger partial charge is 0.265 e. The van der Waals surface area contributed by atoms with Gasteiger partial charge in [0.15, 0.2) is 5.11 Å². The summed E-state index contributed by atoms with van der Waals surface area (Å²) in [6, 6.07) is 5.63. The summed E-state index contributed by atoms with van der Waals surface area (Å²) in [5.41, 5.74) is 1.04. The topological polar surface area (TPSA) is 49.4 Å². The molecule has 2 heterocycles. The van der Waals surface area contributed by atoms with Gasteiger partial charge < -0.3 is 0 Å². The summed E-state index contributed by atoms with van der Waals surface area (Å²) < 4.78 is 1.05. The van der Waals surface area contributed by atoms with Crippen LogP contribution in [0.25, 0.3) is 16.2 Å². The fourth-order valence-corrected chi connectivity index (χ4v) is 4.03. The van der Waals surface area contributed by atoms with Crippen LogP contribution in [0.5, 0.6) is 0 Å². The summed E-state index contributed by atoms with van der Waals surface area (Å²) in [5, 5.41) is 4.31. The van der Waals surface area contributed by atoms with Crippen LogP contribution < -0.4 is 5.32 Å². The van der Waals surface area contributed by atoms with E-state index in [-0.39, 0.29) is 17.2 Å². The van der Waals surface area contributed by atoms with E-state index >= 15 is 0 Å². The first kappa shape index (κ1) is 16.8. The Morgan fingerprint density at radius 3 is 2.88 bits per heavy atom. The number of thiophene rings is 1. The standard InChI is InChI=1S/C17H13ClN2O2S2/c1-3-6-20-16(22)12(15(21)19-17(20)23)8-14-9(2)11-7-10(18)4-5-13(11)24-14/h3-5,7-8H,1,6H2,2H3,(H,19,21,23). The van der Waals surface area contributed by atoms with Gasteiger partial charge in [-0.1, -0.05) is 17.7 Å². The highest BCUT2D eigenvalue weighted by Gasteiger charge is 2.32. The zero-order valence-corrected chi connectivity index (χ0v) is 15.1. The van der Waals surface area contributed by atoms with E-state index in [9.17, 15) is 9.59 Å². The third-order valence-electron chi connectivity index (χ3n) is 3.71. The van der Waals surface area contributed by atoms with E-state index in [1.165, 1.54) is 16.2 Å². The van der Waals surface area contributed by atoms with E-state index in [1.807, 2.05) is 25.1 Å². The van der Waals surface area contributed by atoms with Gasteiger partial charge in [-0.3, -0.25) is 19.8 Å². The molecule has 3 rings (SSSR count). The molecule has 122 valence electrons. The zero-order valence-electron chi connectivity index (χ0n) is 12.8. The lowest BCUT2D eigenvalue weighted by Crippen LogP contribution is -2.53. The number of carbonyl (C=O) groups is 2. The number of amides is 2. The maximum Gasteiger partial charge on any atom is 0.265 e. The van der Waals surface area contributed by atoms with Crippen LogP contribution in [-0.2, 0) is 9.59 Å². The molecule has 2 aromatic rings. The largest absolute Gasteiger partial charge is 0.298 e. The number of aryl methyl sites for hydroxylation is 1. The van der Waals surface area contributed by atoms with E-state index in [4.69, 9.17) is 23.8 Å². The van der Waals surface area contributed by atoms with Crippen molar-refractivity contribution in [1.29, 1.82) is 0 Å². The van der Waals surface area contributed by atoms with Gasteiger partial charge in [0.25, 0.3) is 11.8 Å². The maximum absolute atomic E-state index is 12.6. The minimum Gasteiger partial charge on any atom is -0.298 e. The summed E-state index contributed by atoms with van der Waals surface area (Å²) in [7, 11) is 0. The minimum atomic E-state index is -0.486. The summed E-state index contributed by atoms with van der Waals surface area (Å²) in [4.78, 5) is 26.9. The lowest BCUT2D eigenvalue weighted by atomic mass is 10.1. The molecule has 1 aromatic heterocycles. The molecule has 1 fully saturated rings. The number of nitrogens with zero attached hydrogens (tertiary/aromatic N) is 1. The van der Waals surface area contributed by atoms with Crippen molar-refractivity contribution in [2.75, 3.05) is 6.54 Å². The van der Waals surface area contributed by atoms with Crippen molar-refractivity contribution in [3.05, 3.63) is 51.9 Å². The number of hydrogen-bond donors (Lipinski definition) is 1. The van der Waals surface area contributed by atoms with Crippen LogP contribution in [-0.4, -0.2) is 28.4 Å². The van der Waals surface area contributed by atoms with Crippen molar-refractivity contribution in [1.82, 2.24) is 10.2 Å². The molecule has 1 aromatic carbocycles. The number of benzene rings is 1. The van der Waals surface area contributed by atoms with E-state index in [1.54, 1.807) is 12.2 Å². The lowest BCUT2D eigenvalue weighted by Gasteiger charge is -2.27. The molecule has 0 aliphatic carbocycles. The molecule has 4 nitrogen and oxygen atoms in total. The highest BCUT2D eigenvalue weighted by atomic mass is 35.5. The molecular formula is C17H13ClN2O2S2. The van der Waals surface area contributed by atoms with Gasteiger partial charge in [0.2, 0.25) is 0 Å². The molecule has 1 aliphatic rings. The second-order valence-electron chi connectivity index (χ2n) is 5.25. The third-order valence-corrected chi connectivity index (χ3v) is 5.49. The molecule has 0 radical (unpaired) electrons. The zero-order chi connectivity index (χ0) is 17.4. The van der Waals surface area contributed by atoms with Crippen molar-refractivity contribution in [2.24, 2.45) is 0 Å². The SMILES string of the molecule is C=CCN1C(=O)C(=Cc2sc3ccc(Cl)cc3c2C)C(=O)NC1=S. The molecule has 1 saturated heterocycles. The number of fused-ring (bicyclic) bond motifs is 1. The van der Waals surface area contributed by atoms with Gasteiger partial charge in [0, 0.05) is 21.1 Å². The second kappa shape index (κ2) is 6.47. The van der Waals surface area contributed by atoms with E-state index < -0.39 is 11.8 Å². The summed E-state index contributed by atoms with van der Waals surface area (Å²) in [6.07, 6.45) is 3.18. The average molecular weight is 377 g/mol. The van der Waals surface area contributed by atoms with Crippen molar-refractivity contribution in [2.45, 2.75) is 6.92 Å². The van der Waals surface area contributed by atoms with Gasteiger partial charge >= 0.3 is 0 Å². The molecule has 2 amide bonds. The summed E-state index contributed by atoms with van der Waals surface area (Å²) in [5.74, 6) is -0.904. The van der Waals surface area contributed by atoms with Crippen LogP contribution in [0.15, 0.2) is 36.4 Å². The predicted molar refractivity (Wildman–Crippen MR) is 102 cm³/mol. The lowest BCUT2D eigenvalue weighted by molar-refractivity contribution is -0.128. The van der Waals surface area contributed by atoms with Crippen molar-refractivity contribution in [3.8, 4) is 0 Å². The Bertz CT molecular complexity index is 930. The van der Waals surface area contributed by atoms with Crippen LogP contribution in [0.4, 0.5) is 0 Å². The van der Waals surface area contributed by atoms with Crippen LogP contribution in [0.3, 0.4) is 0 Å². The number of carbonyl (C=O) groups excluding carboxylic acids is 2. The molecule has 0 unspecified atom stereocenters. The summed E-state index contributed by atoms with van der Waals surface area (Å²) >= 11 is 12.6. The van der Waals surface area contributed by atoms with Gasteiger partial charge in [-0.05, 0) is 54.4 Å². The Kier molecular flexibility index (Phi) is 4.54. The quantitative estimate of drug-likeness (QED) is 0.385. The fourth-order valence-electron chi connectivity index (χ4n) is 2.47. The van der Waals surface area contributed by atoms with E-state index in [0.717, 1.165) is 20.5 Å². The van der Waals surface area contributed by atoms with Gasteiger partial charge in [-0.2, -0.15) is 0 Å². The number of halogens is 1. The molecular weight excluding hydrogens is 364 g/mol. The predicted octanol–water partition coefficient (Wildman–Crippen LogP) is 3.68. The normalized spacial score (nSPS) is 16.8. The van der Waals surface area contributed by atoms with Crippen molar-refractivity contribution in [3.63, 3.8) is 0 Å². The van der Waals surface area contributed by atoms with Gasteiger partial charge in [0.1, 0.15) is 5.57 Å². The molecule has 0 atom stereocenters. The highest BCUT2D eigenvalue weighted by molar-refractivity contribution is 7.80. The molecule has 1 N–H and O–H groups in total. The Hall–Kier alpha value is -2.02. The maximum atomic E-state index is 12.6. The average Bonchev–Trinajstić information content (AvgIpc) is 2.84. The Morgan fingerprint density at radius 2 is 2.17 bits per heavy atom. The van der Waals surface area contributed by atoms with Crippen LogP contribution in [0, 0.1) is 6.92 Å². The van der Waals surface area contributed by atoms with E-state index in [0.29, 0.717) is 5.02 Å². The third kappa shape index (κ3) is 2.88. The van der Waals surface area contributed by atoms with Crippen LogP contribution >= 0.6 is 35.2 Å². The number of nitrogens with one attached hydrogen (secondary N) is 1. The van der Waals surface area contributed by atoms with Crippen LogP contribution in [0.2, 0.25) is 5.02 Å². The first-order valence-corrected chi connectivity index (χ1v) is 8.71. The Balaban J connectivity index is 2.08. The molecule has 0 spiro atoms. The highest BCUT2D eigenvalue weighted by Crippen LogP contribution is 2.34. The number of hydrogen-bond acceptors (Lipinski definition) is 4. The monoisotopic (exact) mass is 376 g/mol. The molecule has 0 bridgehead atoms. The number of rotatable bonds is 3. The van der Waals surface area contributed by atoms with E-state index in [2.05, 4.69) is 11.9 Å². The molecule has 1 aliphatic heterocycles. The molecule has 24 heavy (non-hydrogen) atoms. The minimum absolute atomic E-state index is 0.0613. The first-order valence-electron chi connectivity index (χ1n) is 7.10. The molecule has 0 saturated carbocycles. The summed E-state index contributed by atoms with van der Waals surface area (Å²) in [6.45, 7) is 5.80. The second-order valence-corrected chi connectivity index (χ2v) is 7.16. The van der Waals surface area contributed by atoms with Gasteiger partial charge in [0.05, 0.1) is 0 Å². The Labute approximate surface area is 153 Å². The first-order chi connectivity index (χ1) is 11.4. The van der Waals surface area contributed by atoms with Gasteiger partial charge in [-0.15, -0.1) is 17.9 Å². The fraction of sp³-hybridized carbons (Fsp3) is 0.118.